The van der Waals surface area contributed by atoms with Gasteiger partial charge in [-0.3, -0.25) is 9.69 Å². The Morgan fingerprint density at radius 2 is 1.67 bits per heavy atom. The molecule has 0 saturated carbocycles. The molecule has 0 spiro atoms. The molecule has 3 aromatic rings. The van der Waals surface area contributed by atoms with E-state index in [2.05, 4.69) is 5.38 Å². The molecule has 1 unspecified atom stereocenters. The highest BCUT2D eigenvalue weighted by atomic mass is 32.1. The maximum atomic E-state index is 13.4. The number of likely N-dealkylation sites (N-methyl/N-ethyl adjacent to an activating group) is 2. The van der Waals surface area contributed by atoms with Crippen LogP contribution in [0.4, 0.5) is 4.39 Å². The third-order valence-corrected chi connectivity index (χ3v) is 5.28. The fourth-order valence-corrected chi connectivity index (χ4v) is 3.81. The van der Waals surface area contributed by atoms with Gasteiger partial charge in [-0.05, 0) is 52.7 Å². The molecule has 0 aliphatic heterocycles. The third kappa shape index (κ3) is 5.02. The number of nitrogens with zero attached hydrogens (tertiary/aromatic N) is 2. The van der Waals surface area contributed by atoms with Crippen LogP contribution in [0.5, 0.6) is 0 Å². The quantitative estimate of drug-likeness (QED) is 0.598. The Bertz CT molecular complexity index is 850. The molecule has 1 amide bonds. The van der Waals surface area contributed by atoms with E-state index >= 15 is 0 Å². The van der Waals surface area contributed by atoms with Crippen LogP contribution in [-0.2, 0) is 11.3 Å². The Balaban J connectivity index is 1.77. The van der Waals surface area contributed by atoms with Crippen LogP contribution < -0.4 is 0 Å². The van der Waals surface area contributed by atoms with Crippen molar-refractivity contribution >= 4 is 17.2 Å². The van der Waals surface area contributed by atoms with Gasteiger partial charge in [-0.1, -0.05) is 42.5 Å². The van der Waals surface area contributed by atoms with Gasteiger partial charge >= 0.3 is 0 Å². The fourth-order valence-electron chi connectivity index (χ4n) is 3.15. The Labute approximate surface area is 163 Å². The SMILES string of the molecule is CN(Cc1ccsc1)C(=O)CN(C)C(c1ccccc1)c1ccc(F)cc1. The smallest absolute Gasteiger partial charge is 0.236 e. The van der Waals surface area contributed by atoms with Crippen molar-refractivity contribution in [2.24, 2.45) is 0 Å². The molecule has 0 aliphatic carbocycles. The molecule has 1 atom stereocenters. The molecule has 140 valence electrons. The second-order valence-corrected chi connectivity index (χ2v) is 7.44. The van der Waals surface area contributed by atoms with E-state index in [1.807, 2.05) is 60.8 Å². The van der Waals surface area contributed by atoms with E-state index in [-0.39, 0.29) is 24.3 Å². The third-order valence-electron chi connectivity index (χ3n) is 4.55. The van der Waals surface area contributed by atoms with Crippen LogP contribution in [0.2, 0.25) is 0 Å². The summed E-state index contributed by atoms with van der Waals surface area (Å²) in [6, 6.07) is 18.4. The van der Waals surface area contributed by atoms with E-state index in [1.165, 1.54) is 12.1 Å². The van der Waals surface area contributed by atoms with Crippen molar-refractivity contribution in [2.75, 3.05) is 20.6 Å². The maximum absolute atomic E-state index is 13.4. The zero-order valence-electron chi connectivity index (χ0n) is 15.5. The molecule has 3 rings (SSSR count). The van der Waals surface area contributed by atoms with Crippen LogP contribution in [-0.4, -0.2) is 36.3 Å². The second kappa shape index (κ2) is 8.93. The molecule has 27 heavy (non-hydrogen) atoms. The molecular weight excluding hydrogens is 359 g/mol. The summed E-state index contributed by atoms with van der Waals surface area (Å²) in [5.74, 6) is -0.216. The van der Waals surface area contributed by atoms with Gasteiger partial charge in [-0.25, -0.2) is 4.39 Å². The first-order valence-corrected chi connectivity index (χ1v) is 9.74. The number of benzene rings is 2. The lowest BCUT2D eigenvalue weighted by atomic mass is 9.97. The molecule has 0 aliphatic rings. The highest BCUT2D eigenvalue weighted by molar-refractivity contribution is 7.07. The first kappa shape index (κ1) is 19.3. The monoisotopic (exact) mass is 382 g/mol. The molecule has 1 aromatic heterocycles. The van der Waals surface area contributed by atoms with Gasteiger partial charge in [0.15, 0.2) is 0 Å². The van der Waals surface area contributed by atoms with Gasteiger partial charge in [-0.2, -0.15) is 11.3 Å². The van der Waals surface area contributed by atoms with E-state index in [4.69, 9.17) is 0 Å². The first-order valence-electron chi connectivity index (χ1n) is 8.80. The topological polar surface area (TPSA) is 23.6 Å². The molecule has 3 nitrogen and oxygen atoms in total. The van der Waals surface area contributed by atoms with Crippen LogP contribution >= 0.6 is 11.3 Å². The Morgan fingerprint density at radius 1 is 1.00 bits per heavy atom. The average Bonchev–Trinajstić information content (AvgIpc) is 3.17. The number of carbonyl (C=O) groups excluding carboxylic acids is 1. The number of hydrogen-bond donors (Lipinski definition) is 0. The van der Waals surface area contributed by atoms with Crippen molar-refractivity contribution < 1.29 is 9.18 Å². The summed E-state index contributed by atoms with van der Waals surface area (Å²) < 4.78 is 13.4. The summed E-state index contributed by atoms with van der Waals surface area (Å²) >= 11 is 1.63. The number of halogens is 1. The minimum atomic E-state index is -0.264. The number of thiophene rings is 1. The van der Waals surface area contributed by atoms with Crippen molar-refractivity contribution in [3.8, 4) is 0 Å². The molecule has 0 N–H and O–H groups in total. The lowest BCUT2D eigenvalue weighted by molar-refractivity contribution is -0.131. The summed E-state index contributed by atoms with van der Waals surface area (Å²) in [5, 5.41) is 4.07. The summed E-state index contributed by atoms with van der Waals surface area (Å²) in [5.41, 5.74) is 3.16. The number of amides is 1. The van der Waals surface area contributed by atoms with Crippen molar-refractivity contribution in [3.05, 3.63) is 93.9 Å². The van der Waals surface area contributed by atoms with Crippen LogP contribution in [0, 0.1) is 5.82 Å². The zero-order chi connectivity index (χ0) is 19.2. The summed E-state index contributed by atoms with van der Waals surface area (Å²) in [6.45, 7) is 0.875. The molecule has 0 bridgehead atoms. The Kier molecular flexibility index (Phi) is 6.37. The lowest BCUT2D eigenvalue weighted by Crippen LogP contribution is -2.38. The predicted octanol–water partition coefficient (Wildman–Crippen LogP) is 4.57. The van der Waals surface area contributed by atoms with Gasteiger partial charge < -0.3 is 4.90 Å². The summed E-state index contributed by atoms with van der Waals surface area (Å²) in [7, 11) is 3.75. The molecule has 1 heterocycles. The number of hydrogen-bond acceptors (Lipinski definition) is 3. The highest BCUT2D eigenvalue weighted by Crippen LogP contribution is 2.27. The van der Waals surface area contributed by atoms with E-state index in [1.54, 1.807) is 28.4 Å². The zero-order valence-corrected chi connectivity index (χ0v) is 16.3. The molecule has 2 aromatic carbocycles. The minimum absolute atomic E-state index is 0.0479. The highest BCUT2D eigenvalue weighted by Gasteiger charge is 2.22. The van der Waals surface area contributed by atoms with Gasteiger partial charge in [0.1, 0.15) is 5.82 Å². The predicted molar refractivity (Wildman–Crippen MR) is 108 cm³/mol. The molecule has 0 radical (unpaired) electrons. The average molecular weight is 383 g/mol. The number of rotatable bonds is 7. The maximum Gasteiger partial charge on any atom is 0.236 e. The standard InChI is InChI=1S/C22H23FN2OS/c1-24(14-17-12-13-27-16-17)21(26)15-25(2)22(18-6-4-3-5-7-18)19-8-10-20(23)11-9-19/h3-13,16,22H,14-15H2,1-2H3. The first-order chi connectivity index (χ1) is 13.0. The van der Waals surface area contributed by atoms with Crippen molar-refractivity contribution in [1.29, 1.82) is 0 Å². The van der Waals surface area contributed by atoms with Gasteiger partial charge in [0.05, 0.1) is 12.6 Å². The van der Waals surface area contributed by atoms with Crippen LogP contribution in [0.1, 0.15) is 22.7 Å². The molecule has 0 saturated heterocycles. The van der Waals surface area contributed by atoms with Crippen LogP contribution in [0.15, 0.2) is 71.4 Å². The minimum Gasteiger partial charge on any atom is -0.340 e. The molecule has 5 heteroatoms. The normalized spacial score (nSPS) is 12.1. The van der Waals surface area contributed by atoms with Crippen molar-refractivity contribution in [3.63, 3.8) is 0 Å². The van der Waals surface area contributed by atoms with Gasteiger partial charge in [0.2, 0.25) is 5.91 Å². The Hall–Kier alpha value is -2.50. The summed E-state index contributed by atoms with van der Waals surface area (Å²) in [6.07, 6.45) is 0. The second-order valence-electron chi connectivity index (χ2n) is 6.66. The number of carbonyl (C=O) groups is 1. The van der Waals surface area contributed by atoms with Crippen LogP contribution in [0.3, 0.4) is 0 Å². The van der Waals surface area contributed by atoms with Crippen molar-refractivity contribution in [2.45, 2.75) is 12.6 Å². The van der Waals surface area contributed by atoms with Gasteiger partial charge in [0, 0.05) is 13.6 Å². The lowest BCUT2D eigenvalue weighted by Gasteiger charge is -2.30. The van der Waals surface area contributed by atoms with E-state index in [0.29, 0.717) is 6.54 Å². The van der Waals surface area contributed by atoms with E-state index in [9.17, 15) is 9.18 Å². The van der Waals surface area contributed by atoms with Gasteiger partial charge in [-0.15, -0.1) is 0 Å². The van der Waals surface area contributed by atoms with E-state index in [0.717, 1.165) is 16.7 Å². The van der Waals surface area contributed by atoms with Crippen LogP contribution in [0.25, 0.3) is 0 Å². The van der Waals surface area contributed by atoms with E-state index < -0.39 is 0 Å². The fraction of sp³-hybridized carbons (Fsp3) is 0.227. The largest absolute Gasteiger partial charge is 0.340 e. The van der Waals surface area contributed by atoms with Gasteiger partial charge in [0.25, 0.3) is 0 Å². The Morgan fingerprint density at radius 3 is 2.30 bits per heavy atom. The molecular formula is C22H23FN2OS. The molecule has 0 fully saturated rings. The van der Waals surface area contributed by atoms with Crippen molar-refractivity contribution in [1.82, 2.24) is 9.80 Å². The summed E-state index contributed by atoms with van der Waals surface area (Å²) in [4.78, 5) is 16.5.